The van der Waals surface area contributed by atoms with E-state index in [0.717, 1.165) is 13.1 Å². The summed E-state index contributed by atoms with van der Waals surface area (Å²) in [6, 6.07) is 1.63. The minimum atomic E-state index is -0.445. The lowest BCUT2D eigenvalue weighted by molar-refractivity contribution is -0.384. The van der Waals surface area contributed by atoms with E-state index in [0.29, 0.717) is 5.69 Å². The second-order valence-corrected chi connectivity index (χ2v) is 3.83. The summed E-state index contributed by atoms with van der Waals surface area (Å²) in [6.45, 7) is 1.46. The van der Waals surface area contributed by atoms with Crippen LogP contribution >= 0.6 is 0 Å². The van der Waals surface area contributed by atoms with Gasteiger partial charge in [-0.15, -0.1) is 0 Å². The number of hydrogen-bond acceptors (Lipinski definition) is 6. The molecule has 7 heteroatoms. The second kappa shape index (κ2) is 5.07. The van der Waals surface area contributed by atoms with Gasteiger partial charge in [0.2, 0.25) is 0 Å². The number of hydrogen-bond donors (Lipinski definition) is 2. The lowest BCUT2D eigenvalue weighted by Crippen LogP contribution is -2.33. The Morgan fingerprint density at radius 2 is 2.47 bits per heavy atom. The zero-order chi connectivity index (χ0) is 12.3. The predicted molar refractivity (Wildman–Crippen MR) is 62.0 cm³/mol. The van der Waals surface area contributed by atoms with Gasteiger partial charge in [0, 0.05) is 26.4 Å². The number of nitrogens with zero attached hydrogens (tertiary/aromatic N) is 2. The fraction of sp³-hybridized carbons (Fsp3) is 0.500. The molecule has 1 aromatic rings. The van der Waals surface area contributed by atoms with E-state index in [1.54, 1.807) is 13.2 Å². The van der Waals surface area contributed by atoms with Gasteiger partial charge in [-0.25, -0.2) is 0 Å². The van der Waals surface area contributed by atoms with Gasteiger partial charge >= 0.3 is 5.69 Å². The van der Waals surface area contributed by atoms with Gasteiger partial charge in [0.15, 0.2) is 0 Å². The fourth-order valence-corrected chi connectivity index (χ4v) is 1.90. The molecular formula is C10H14N4O3. The van der Waals surface area contributed by atoms with Gasteiger partial charge in [-0.3, -0.25) is 15.1 Å². The maximum atomic E-state index is 10.8. The Labute approximate surface area is 98.3 Å². The first kappa shape index (κ1) is 11.7. The molecule has 1 aliphatic heterocycles. The van der Waals surface area contributed by atoms with E-state index < -0.39 is 4.92 Å². The van der Waals surface area contributed by atoms with E-state index in [2.05, 4.69) is 15.6 Å². The fourth-order valence-electron chi connectivity index (χ4n) is 1.90. The Morgan fingerprint density at radius 3 is 3.18 bits per heavy atom. The molecule has 1 saturated heterocycles. The number of methoxy groups -OCH3 is 1. The van der Waals surface area contributed by atoms with Crippen molar-refractivity contribution < 1.29 is 9.66 Å². The highest BCUT2D eigenvalue weighted by Gasteiger charge is 2.28. The van der Waals surface area contributed by atoms with Crippen LogP contribution in [0, 0.1) is 10.1 Å². The average Bonchev–Trinajstić information content (AvgIpc) is 2.77. The van der Waals surface area contributed by atoms with Gasteiger partial charge in [0.1, 0.15) is 11.9 Å². The number of pyridine rings is 1. The van der Waals surface area contributed by atoms with Crippen LogP contribution in [0.3, 0.4) is 0 Å². The van der Waals surface area contributed by atoms with E-state index in [9.17, 15) is 10.1 Å². The molecule has 7 nitrogen and oxygen atoms in total. The zero-order valence-corrected chi connectivity index (χ0v) is 9.42. The Bertz CT molecular complexity index is 412. The standard InChI is InChI=1S/C10H14N4O3/c1-17-10-6-12-4-8(10)13-7-2-3-11-5-9(7)14(15)16/h2-3,5,8,10,12H,4,6H2,1H3,(H,11,13)/t8?,10-/m1/s1. The van der Waals surface area contributed by atoms with Crippen LogP contribution in [0.15, 0.2) is 18.5 Å². The Kier molecular flexibility index (Phi) is 3.50. The number of ether oxygens (including phenoxy) is 1. The van der Waals surface area contributed by atoms with Crippen LogP contribution in [0.2, 0.25) is 0 Å². The van der Waals surface area contributed by atoms with Gasteiger partial charge in [0.25, 0.3) is 0 Å². The highest BCUT2D eigenvalue weighted by atomic mass is 16.6. The third-order valence-corrected chi connectivity index (χ3v) is 2.80. The van der Waals surface area contributed by atoms with E-state index in [1.807, 2.05) is 0 Å². The lowest BCUT2D eigenvalue weighted by atomic mass is 10.2. The number of rotatable bonds is 4. The second-order valence-electron chi connectivity index (χ2n) is 3.83. The number of aromatic nitrogens is 1. The molecule has 17 heavy (non-hydrogen) atoms. The van der Waals surface area contributed by atoms with E-state index in [1.165, 1.54) is 12.4 Å². The monoisotopic (exact) mass is 238 g/mol. The third kappa shape index (κ3) is 2.51. The Morgan fingerprint density at radius 1 is 1.65 bits per heavy atom. The zero-order valence-electron chi connectivity index (χ0n) is 9.42. The van der Waals surface area contributed by atoms with Crippen molar-refractivity contribution >= 4 is 11.4 Å². The molecule has 0 saturated carbocycles. The minimum Gasteiger partial charge on any atom is -0.378 e. The molecule has 0 amide bonds. The molecule has 0 bridgehead atoms. The van der Waals surface area contributed by atoms with Crippen molar-refractivity contribution in [2.45, 2.75) is 12.1 Å². The van der Waals surface area contributed by atoms with Crippen LogP contribution in [0.1, 0.15) is 0 Å². The van der Waals surface area contributed by atoms with Crippen molar-refractivity contribution in [3.05, 3.63) is 28.6 Å². The summed E-state index contributed by atoms with van der Waals surface area (Å²) in [5.74, 6) is 0. The molecule has 0 spiro atoms. The molecule has 2 rings (SSSR count). The van der Waals surface area contributed by atoms with Gasteiger partial charge in [0.05, 0.1) is 17.1 Å². The van der Waals surface area contributed by atoms with Crippen molar-refractivity contribution in [3.8, 4) is 0 Å². The summed E-state index contributed by atoms with van der Waals surface area (Å²) in [6.07, 6.45) is 2.79. The quantitative estimate of drug-likeness (QED) is 0.582. The minimum absolute atomic E-state index is 0.0165. The molecule has 0 aliphatic carbocycles. The molecule has 1 aromatic heterocycles. The molecule has 0 aromatic carbocycles. The molecule has 2 heterocycles. The van der Waals surface area contributed by atoms with Crippen molar-refractivity contribution in [2.24, 2.45) is 0 Å². The summed E-state index contributed by atoms with van der Waals surface area (Å²) in [7, 11) is 1.63. The number of anilines is 1. The predicted octanol–water partition coefficient (Wildman–Crippen LogP) is 0.388. The SMILES string of the molecule is CO[C@@H]1CNCC1Nc1ccncc1[N+](=O)[O-]. The van der Waals surface area contributed by atoms with Crippen molar-refractivity contribution in [1.82, 2.24) is 10.3 Å². The first-order valence-electron chi connectivity index (χ1n) is 5.31. The van der Waals surface area contributed by atoms with E-state index in [4.69, 9.17) is 4.74 Å². The molecule has 0 radical (unpaired) electrons. The number of nitrogens with one attached hydrogen (secondary N) is 2. The highest BCUT2D eigenvalue weighted by Crippen LogP contribution is 2.24. The smallest absolute Gasteiger partial charge is 0.310 e. The average molecular weight is 238 g/mol. The molecule has 2 N–H and O–H groups in total. The van der Waals surface area contributed by atoms with Gasteiger partial charge in [-0.1, -0.05) is 0 Å². The third-order valence-electron chi connectivity index (χ3n) is 2.80. The molecule has 1 fully saturated rings. The summed E-state index contributed by atoms with van der Waals surface area (Å²) in [5.41, 5.74) is 0.454. The van der Waals surface area contributed by atoms with Crippen LogP contribution < -0.4 is 10.6 Å². The maximum Gasteiger partial charge on any atom is 0.310 e. The lowest BCUT2D eigenvalue weighted by Gasteiger charge is -2.19. The van der Waals surface area contributed by atoms with Crippen molar-refractivity contribution in [1.29, 1.82) is 0 Å². The molecular weight excluding hydrogens is 224 g/mol. The first-order valence-corrected chi connectivity index (χ1v) is 5.31. The topological polar surface area (TPSA) is 89.3 Å². The van der Waals surface area contributed by atoms with Crippen LogP contribution in [-0.4, -0.2) is 42.3 Å². The Balaban J connectivity index is 2.15. The largest absolute Gasteiger partial charge is 0.378 e. The van der Waals surface area contributed by atoms with Crippen molar-refractivity contribution in [3.63, 3.8) is 0 Å². The summed E-state index contributed by atoms with van der Waals surface area (Å²) < 4.78 is 5.29. The molecule has 2 atom stereocenters. The summed E-state index contributed by atoms with van der Waals surface area (Å²) in [4.78, 5) is 14.1. The van der Waals surface area contributed by atoms with Crippen LogP contribution in [0.25, 0.3) is 0 Å². The van der Waals surface area contributed by atoms with Crippen molar-refractivity contribution in [2.75, 3.05) is 25.5 Å². The summed E-state index contributed by atoms with van der Waals surface area (Å²) in [5, 5.41) is 17.1. The van der Waals surface area contributed by atoms with Gasteiger partial charge < -0.3 is 15.4 Å². The van der Waals surface area contributed by atoms with E-state index >= 15 is 0 Å². The maximum absolute atomic E-state index is 10.8. The highest BCUT2D eigenvalue weighted by molar-refractivity contribution is 5.60. The van der Waals surface area contributed by atoms with Crippen LogP contribution in [-0.2, 0) is 4.74 Å². The first-order chi connectivity index (χ1) is 8.22. The molecule has 92 valence electrons. The normalized spacial score (nSPS) is 23.6. The van der Waals surface area contributed by atoms with Crippen LogP contribution in [0.5, 0.6) is 0 Å². The van der Waals surface area contributed by atoms with Crippen LogP contribution in [0.4, 0.5) is 11.4 Å². The number of nitro groups is 1. The Hall–Kier alpha value is -1.73. The van der Waals surface area contributed by atoms with E-state index in [-0.39, 0.29) is 17.8 Å². The molecule has 1 aliphatic rings. The molecule has 1 unspecified atom stereocenters. The van der Waals surface area contributed by atoms with Gasteiger partial charge in [-0.05, 0) is 6.07 Å². The van der Waals surface area contributed by atoms with Gasteiger partial charge in [-0.2, -0.15) is 0 Å². The summed E-state index contributed by atoms with van der Waals surface area (Å²) >= 11 is 0.